The summed E-state index contributed by atoms with van der Waals surface area (Å²) in [5.74, 6) is -0.396. The molecule has 0 aliphatic carbocycles. The molecule has 0 bridgehead atoms. The van der Waals surface area contributed by atoms with E-state index in [-0.39, 0.29) is 31.1 Å². The molecule has 33 heavy (non-hydrogen) atoms. The predicted molar refractivity (Wildman–Crippen MR) is 129 cm³/mol. The van der Waals surface area contributed by atoms with E-state index in [9.17, 15) is 21.6 Å². The van der Waals surface area contributed by atoms with E-state index >= 15 is 0 Å². The third-order valence-electron chi connectivity index (χ3n) is 5.68. The van der Waals surface area contributed by atoms with Crippen molar-refractivity contribution in [3.05, 3.63) is 58.6 Å². The number of hydrogen-bond acceptors (Lipinski definition) is 5. The van der Waals surface area contributed by atoms with Gasteiger partial charge in [0.05, 0.1) is 16.8 Å². The molecule has 1 unspecified atom stereocenters. The summed E-state index contributed by atoms with van der Waals surface area (Å²) in [6, 6.07) is 10.5. The second-order valence-corrected chi connectivity index (χ2v) is 12.4. The largest absolute Gasteiger partial charge is 0.338 e. The highest BCUT2D eigenvalue weighted by Crippen LogP contribution is 2.29. The van der Waals surface area contributed by atoms with Crippen LogP contribution in [0.25, 0.3) is 0 Å². The molecule has 1 saturated heterocycles. The Kier molecular flexibility index (Phi) is 7.42. The van der Waals surface area contributed by atoms with Crippen LogP contribution in [0.1, 0.15) is 18.1 Å². The lowest BCUT2D eigenvalue weighted by Gasteiger charge is -2.37. The first-order valence-corrected chi connectivity index (χ1v) is 14.1. The van der Waals surface area contributed by atoms with Gasteiger partial charge < -0.3 is 4.90 Å². The zero-order valence-electron chi connectivity index (χ0n) is 19.0. The van der Waals surface area contributed by atoms with Crippen molar-refractivity contribution in [2.24, 2.45) is 0 Å². The molecule has 1 atom stereocenters. The number of carbonyl (C=O) groups excluding carboxylic acids is 1. The number of benzene rings is 2. The van der Waals surface area contributed by atoms with Crippen LogP contribution in [0, 0.1) is 13.8 Å². The second-order valence-electron chi connectivity index (χ2n) is 8.21. The Bertz CT molecular complexity index is 1240. The molecule has 2 aromatic carbocycles. The van der Waals surface area contributed by atoms with Crippen LogP contribution in [-0.4, -0.2) is 70.4 Å². The molecule has 1 heterocycles. The summed E-state index contributed by atoms with van der Waals surface area (Å²) in [4.78, 5) is 15.0. The molecule has 1 fully saturated rings. The lowest BCUT2D eigenvalue weighted by atomic mass is 10.1. The van der Waals surface area contributed by atoms with Gasteiger partial charge in [-0.25, -0.2) is 16.8 Å². The molecule has 3 rings (SSSR count). The summed E-state index contributed by atoms with van der Waals surface area (Å²) >= 11 is 6.08. The standard InChI is InChI=1S/C22H28ClN3O5S2/c1-16-5-9-20(10-6-16)33(30,31)25-13-11-24(12-14-25)22(27)18(3)26(32(4,28)29)21-15-19(23)8-7-17(21)2/h5-10,15,18H,11-14H2,1-4H3. The Labute approximate surface area is 200 Å². The molecule has 0 saturated carbocycles. The zero-order valence-corrected chi connectivity index (χ0v) is 21.4. The van der Waals surface area contributed by atoms with Crippen LogP contribution in [0.5, 0.6) is 0 Å². The molecule has 0 spiro atoms. The minimum Gasteiger partial charge on any atom is -0.338 e. The Hall–Kier alpha value is -2.14. The summed E-state index contributed by atoms with van der Waals surface area (Å²) in [6.45, 7) is 5.75. The average Bonchev–Trinajstić information content (AvgIpc) is 2.75. The van der Waals surface area contributed by atoms with Gasteiger partial charge in [-0.2, -0.15) is 4.31 Å². The van der Waals surface area contributed by atoms with Crippen LogP contribution < -0.4 is 4.31 Å². The normalized spacial score (nSPS) is 16.5. The number of anilines is 1. The van der Waals surface area contributed by atoms with E-state index < -0.39 is 32.0 Å². The highest BCUT2D eigenvalue weighted by atomic mass is 35.5. The van der Waals surface area contributed by atoms with Crippen LogP contribution in [0.3, 0.4) is 0 Å². The fraction of sp³-hybridized carbons (Fsp3) is 0.409. The molecule has 2 aromatic rings. The molecule has 0 radical (unpaired) electrons. The lowest BCUT2D eigenvalue weighted by molar-refractivity contribution is -0.133. The Morgan fingerprint density at radius 2 is 1.55 bits per heavy atom. The Morgan fingerprint density at radius 3 is 2.09 bits per heavy atom. The number of piperazine rings is 1. The lowest BCUT2D eigenvalue weighted by Crippen LogP contribution is -2.56. The van der Waals surface area contributed by atoms with Crippen LogP contribution in [0.15, 0.2) is 47.4 Å². The molecule has 1 amide bonds. The van der Waals surface area contributed by atoms with Crippen molar-refractivity contribution in [2.45, 2.75) is 31.7 Å². The van der Waals surface area contributed by atoms with E-state index in [4.69, 9.17) is 11.6 Å². The van der Waals surface area contributed by atoms with E-state index in [1.807, 2.05) is 6.92 Å². The summed E-state index contributed by atoms with van der Waals surface area (Å²) in [5, 5.41) is 0.360. The van der Waals surface area contributed by atoms with Crippen molar-refractivity contribution in [1.82, 2.24) is 9.21 Å². The van der Waals surface area contributed by atoms with Gasteiger partial charge in [0.15, 0.2) is 0 Å². The molecule has 11 heteroatoms. The van der Waals surface area contributed by atoms with E-state index in [1.165, 1.54) is 22.2 Å². The quantitative estimate of drug-likeness (QED) is 0.591. The van der Waals surface area contributed by atoms with Crippen LogP contribution in [0.4, 0.5) is 5.69 Å². The molecule has 8 nitrogen and oxygen atoms in total. The van der Waals surface area contributed by atoms with Crippen LogP contribution >= 0.6 is 11.6 Å². The van der Waals surface area contributed by atoms with Crippen molar-refractivity contribution in [1.29, 1.82) is 0 Å². The highest BCUT2D eigenvalue weighted by Gasteiger charge is 2.36. The smallest absolute Gasteiger partial charge is 0.246 e. The van der Waals surface area contributed by atoms with Gasteiger partial charge in [0.2, 0.25) is 26.0 Å². The number of amides is 1. The van der Waals surface area contributed by atoms with Crippen molar-refractivity contribution in [3.8, 4) is 0 Å². The molecule has 1 aliphatic rings. The van der Waals surface area contributed by atoms with Gasteiger partial charge >= 0.3 is 0 Å². The first-order chi connectivity index (χ1) is 15.3. The van der Waals surface area contributed by atoms with Gasteiger partial charge in [-0.15, -0.1) is 0 Å². The summed E-state index contributed by atoms with van der Waals surface area (Å²) in [5.41, 5.74) is 1.97. The van der Waals surface area contributed by atoms with Gasteiger partial charge in [-0.3, -0.25) is 9.10 Å². The van der Waals surface area contributed by atoms with E-state index in [2.05, 4.69) is 0 Å². The topological polar surface area (TPSA) is 95.1 Å². The third kappa shape index (κ3) is 5.51. The second kappa shape index (κ2) is 9.61. The minimum atomic E-state index is -3.79. The Morgan fingerprint density at radius 1 is 0.970 bits per heavy atom. The maximum atomic E-state index is 13.2. The van der Waals surface area contributed by atoms with Crippen molar-refractivity contribution in [3.63, 3.8) is 0 Å². The van der Waals surface area contributed by atoms with E-state index in [0.717, 1.165) is 16.1 Å². The number of aryl methyl sites for hydroxylation is 2. The number of nitrogens with zero attached hydrogens (tertiary/aromatic N) is 3. The molecular weight excluding hydrogens is 486 g/mol. The summed E-state index contributed by atoms with van der Waals surface area (Å²) < 4.78 is 53.5. The molecular formula is C22H28ClN3O5S2. The molecule has 0 N–H and O–H groups in total. The van der Waals surface area contributed by atoms with E-state index in [0.29, 0.717) is 16.3 Å². The summed E-state index contributed by atoms with van der Waals surface area (Å²) in [6.07, 6.45) is 1.04. The van der Waals surface area contributed by atoms with E-state index in [1.54, 1.807) is 43.3 Å². The van der Waals surface area contributed by atoms with Gasteiger partial charge in [0.25, 0.3) is 0 Å². The summed E-state index contributed by atoms with van der Waals surface area (Å²) in [7, 11) is -7.46. The van der Waals surface area contributed by atoms with Gasteiger partial charge in [-0.05, 0) is 50.6 Å². The average molecular weight is 514 g/mol. The van der Waals surface area contributed by atoms with Crippen molar-refractivity contribution in [2.75, 3.05) is 36.7 Å². The van der Waals surface area contributed by atoms with Gasteiger partial charge in [0, 0.05) is 31.2 Å². The molecule has 1 aliphatic heterocycles. The van der Waals surface area contributed by atoms with Gasteiger partial charge in [-0.1, -0.05) is 35.4 Å². The molecule has 0 aromatic heterocycles. The molecule has 180 valence electrons. The van der Waals surface area contributed by atoms with Crippen LogP contribution in [0.2, 0.25) is 5.02 Å². The first kappa shape index (κ1) is 25.5. The number of sulfonamides is 2. The zero-order chi connectivity index (χ0) is 24.6. The maximum Gasteiger partial charge on any atom is 0.246 e. The number of rotatable bonds is 6. The number of carbonyl (C=O) groups is 1. The predicted octanol–water partition coefficient (Wildman–Crippen LogP) is 2.64. The fourth-order valence-corrected chi connectivity index (χ4v) is 6.67. The van der Waals surface area contributed by atoms with Crippen molar-refractivity contribution >= 4 is 43.2 Å². The highest BCUT2D eigenvalue weighted by molar-refractivity contribution is 7.92. The van der Waals surface area contributed by atoms with Crippen LogP contribution in [-0.2, 0) is 24.8 Å². The fourth-order valence-electron chi connectivity index (χ4n) is 3.87. The van der Waals surface area contributed by atoms with Crippen molar-refractivity contribution < 1.29 is 21.6 Å². The number of hydrogen-bond donors (Lipinski definition) is 0. The Balaban J connectivity index is 1.77. The minimum absolute atomic E-state index is 0.129. The first-order valence-electron chi connectivity index (χ1n) is 10.4. The maximum absolute atomic E-state index is 13.2. The third-order valence-corrected chi connectivity index (χ3v) is 9.06. The SMILES string of the molecule is Cc1ccc(S(=O)(=O)N2CCN(C(=O)C(C)N(c3cc(Cl)ccc3C)S(C)(=O)=O)CC2)cc1. The number of halogens is 1. The van der Waals surface area contributed by atoms with Gasteiger partial charge in [0.1, 0.15) is 6.04 Å². The monoisotopic (exact) mass is 513 g/mol.